The maximum Gasteiger partial charge on any atom is 0.350 e. The Morgan fingerprint density at radius 3 is 2.62 bits per heavy atom. The molecule has 0 amide bonds. The highest BCUT2D eigenvalue weighted by atomic mass is 32.1. The van der Waals surface area contributed by atoms with Gasteiger partial charge in [0.25, 0.3) is 5.89 Å². The van der Waals surface area contributed by atoms with E-state index in [0.29, 0.717) is 45.2 Å². The second kappa shape index (κ2) is 9.04. The van der Waals surface area contributed by atoms with Gasteiger partial charge >= 0.3 is 5.97 Å². The normalized spacial score (nSPS) is 11.0. The summed E-state index contributed by atoms with van der Waals surface area (Å²) in [5.74, 6) is 2.04. The average Bonchev–Trinajstić information content (AvgIpc) is 3.31. The van der Waals surface area contributed by atoms with Gasteiger partial charge in [-0.25, -0.2) is 9.78 Å². The molecule has 0 N–H and O–H groups in total. The van der Waals surface area contributed by atoms with Crippen molar-refractivity contribution in [2.24, 2.45) is 5.92 Å². The van der Waals surface area contributed by atoms with Crippen LogP contribution < -0.4 is 9.47 Å². The zero-order valence-electron chi connectivity index (χ0n) is 17.0. The molecular formula is C20H23N3O5S. The van der Waals surface area contributed by atoms with Crippen LogP contribution in [0.25, 0.3) is 10.6 Å². The third-order valence-corrected chi connectivity index (χ3v) is 5.23. The number of carbonyl (C=O) groups excluding carboxylic acids is 1. The molecule has 0 saturated heterocycles. The highest BCUT2D eigenvalue weighted by molar-refractivity contribution is 7.17. The number of thiazole rings is 1. The van der Waals surface area contributed by atoms with Crippen LogP contribution in [-0.2, 0) is 17.8 Å². The van der Waals surface area contributed by atoms with Gasteiger partial charge < -0.3 is 18.7 Å². The van der Waals surface area contributed by atoms with Gasteiger partial charge in [0.2, 0.25) is 0 Å². The number of methoxy groups -OCH3 is 2. The molecule has 3 aromatic rings. The molecule has 0 radical (unpaired) electrons. The van der Waals surface area contributed by atoms with Crippen LogP contribution in [0.4, 0.5) is 0 Å². The number of aromatic nitrogens is 3. The maximum atomic E-state index is 12.5. The van der Waals surface area contributed by atoms with E-state index in [-0.39, 0.29) is 12.5 Å². The molecule has 0 fully saturated rings. The first-order chi connectivity index (χ1) is 13.9. The van der Waals surface area contributed by atoms with E-state index in [4.69, 9.17) is 18.7 Å². The van der Waals surface area contributed by atoms with E-state index in [2.05, 4.69) is 29.0 Å². The maximum absolute atomic E-state index is 12.5. The largest absolute Gasteiger partial charge is 0.493 e. The highest BCUT2D eigenvalue weighted by Crippen LogP contribution is 2.35. The van der Waals surface area contributed by atoms with E-state index in [1.54, 1.807) is 27.2 Å². The molecule has 0 saturated carbocycles. The molecule has 8 nitrogen and oxygen atoms in total. The lowest BCUT2D eigenvalue weighted by Gasteiger charge is -2.08. The summed E-state index contributed by atoms with van der Waals surface area (Å²) < 4.78 is 21.1. The number of carbonyl (C=O) groups is 1. The van der Waals surface area contributed by atoms with Crippen molar-refractivity contribution in [3.63, 3.8) is 0 Å². The number of nitrogens with zero attached hydrogens (tertiary/aromatic N) is 3. The Kier molecular flexibility index (Phi) is 6.48. The third-order valence-electron chi connectivity index (χ3n) is 4.04. The predicted molar refractivity (Wildman–Crippen MR) is 107 cm³/mol. The van der Waals surface area contributed by atoms with Gasteiger partial charge in [-0.3, -0.25) is 0 Å². The lowest BCUT2D eigenvalue weighted by molar-refractivity contribution is 0.0434. The van der Waals surface area contributed by atoms with Gasteiger partial charge in [0.05, 0.1) is 19.9 Å². The molecule has 2 aromatic heterocycles. The van der Waals surface area contributed by atoms with E-state index in [1.165, 1.54) is 11.3 Å². The number of esters is 1. The van der Waals surface area contributed by atoms with Crippen LogP contribution in [0.2, 0.25) is 0 Å². The van der Waals surface area contributed by atoms with Crippen LogP contribution in [0, 0.1) is 12.8 Å². The fourth-order valence-corrected chi connectivity index (χ4v) is 3.62. The summed E-state index contributed by atoms with van der Waals surface area (Å²) in [5, 5.41) is 4.58. The number of hydrogen-bond acceptors (Lipinski definition) is 9. The molecule has 3 rings (SSSR count). The van der Waals surface area contributed by atoms with Crippen molar-refractivity contribution < 1.29 is 23.5 Å². The van der Waals surface area contributed by atoms with Crippen molar-refractivity contribution in [2.45, 2.75) is 33.8 Å². The lowest BCUT2D eigenvalue weighted by Crippen LogP contribution is -2.05. The molecule has 2 heterocycles. The SMILES string of the molecule is COc1ccc(-c2nc(C)c(C(=O)OCc3nc(CC(C)C)no3)s2)cc1OC. The second-order valence-electron chi connectivity index (χ2n) is 6.78. The Morgan fingerprint density at radius 1 is 1.17 bits per heavy atom. The Balaban J connectivity index is 1.71. The zero-order chi connectivity index (χ0) is 21.0. The van der Waals surface area contributed by atoms with Crippen LogP contribution in [0.15, 0.2) is 22.7 Å². The third kappa shape index (κ3) is 4.92. The second-order valence-corrected chi connectivity index (χ2v) is 7.78. The summed E-state index contributed by atoms with van der Waals surface area (Å²) in [6, 6.07) is 5.48. The fourth-order valence-electron chi connectivity index (χ4n) is 2.67. The molecule has 0 bridgehead atoms. The van der Waals surface area contributed by atoms with Gasteiger partial charge in [0.15, 0.2) is 23.9 Å². The van der Waals surface area contributed by atoms with Crippen LogP contribution in [0.5, 0.6) is 11.5 Å². The molecule has 1 aromatic carbocycles. The van der Waals surface area contributed by atoms with Gasteiger partial charge in [-0.1, -0.05) is 19.0 Å². The average molecular weight is 417 g/mol. The lowest BCUT2D eigenvalue weighted by atomic mass is 10.1. The standard InChI is InChI=1S/C20H23N3O5S/c1-11(2)8-16-22-17(28-23-16)10-27-20(24)18-12(3)21-19(29-18)13-6-7-14(25-4)15(9-13)26-5/h6-7,9,11H,8,10H2,1-5H3. The molecule has 154 valence electrons. The van der Waals surface area contributed by atoms with Crippen LogP contribution in [0.3, 0.4) is 0 Å². The molecule has 9 heteroatoms. The minimum absolute atomic E-state index is 0.0764. The molecule has 0 atom stereocenters. The zero-order valence-corrected chi connectivity index (χ0v) is 17.8. The number of rotatable bonds is 8. The van der Waals surface area contributed by atoms with Gasteiger partial charge in [-0.05, 0) is 31.0 Å². The van der Waals surface area contributed by atoms with Crippen LogP contribution in [0.1, 0.15) is 40.9 Å². The van der Waals surface area contributed by atoms with E-state index < -0.39 is 5.97 Å². The summed E-state index contributed by atoms with van der Waals surface area (Å²) in [5.41, 5.74) is 1.42. The highest BCUT2D eigenvalue weighted by Gasteiger charge is 2.20. The summed E-state index contributed by atoms with van der Waals surface area (Å²) in [6.45, 7) is 5.83. The number of hydrogen-bond donors (Lipinski definition) is 0. The smallest absolute Gasteiger partial charge is 0.350 e. The Hall–Kier alpha value is -2.94. The van der Waals surface area contributed by atoms with Crippen LogP contribution in [-0.4, -0.2) is 35.3 Å². The monoisotopic (exact) mass is 417 g/mol. The molecule has 29 heavy (non-hydrogen) atoms. The molecular weight excluding hydrogens is 394 g/mol. The Bertz CT molecular complexity index is 996. The van der Waals surface area contributed by atoms with Crippen molar-refractivity contribution in [1.82, 2.24) is 15.1 Å². The van der Waals surface area contributed by atoms with Crippen molar-refractivity contribution in [2.75, 3.05) is 14.2 Å². The van der Waals surface area contributed by atoms with E-state index in [1.807, 2.05) is 12.1 Å². The van der Waals surface area contributed by atoms with Gasteiger partial charge in [0, 0.05) is 12.0 Å². The molecule has 0 unspecified atom stereocenters. The number of benzene rings is 1. The summed E-state index contributed by atoms with van der Waals surface area (Å²) in [6.07, 6.45) is 0.708. The van der Waals surface area contributed by atoms with Gasteiger partial charge in [0.1, 0.15) is 9.88 Å². The van der Waals surface area contributed by atoms with Crippen molar-refractivity contribution in [3.05, 3.63) is 40.5 Å². The minimum Gasteiger partial charge on any atom is -0.493 e. The molecule has 0 aliphatic heterocycles. The first-order valence-corrected chi connectivity index (χ1v) is 9.91. The first kappa shape index (κ1) is 20.8. The van der Waals surface area contributed by atoms with E-state index in [9.17, 15) is 4.79 Å². The minimum atomic E-state index is -0.477. The molecule has 0 aliphatic rings. The van der Waals surface area contributed by atoms with Gasteiger partial charge in [-0.2, -0.15) is 4.98 Å². The number of ether oxygens (including phenoxy) is 3. The van der Waals surface area contributed by atoms with Gasteiger partial charge in [-0.15, -0.1) is 11.3 Å². The number of aryl methyl sites for hydroxylation is 1. The molecule has 0 aliphatic carbocycles. The molecule has 0 spiro atoms. The van der Waals surface area contributed by atoms with Crippen molar-refractivity contribution in [1.29, 1.82) is 0 Å². The summed E-state index contributed by atoms with van der Waals surface area (Å²) in [4.78, 5) is 21.7. The summed E-state index contributed by atoms with van der Waals surface area (Å²) >= 11 is 1.25. The predicted octanol–water partition coefficient (Wildman–Crippen LogP) is 4.07. The summed E-state index contributed by atoms with van der Waals surface area (Å²) in [7, 11) is 3.15. The van der Waals surface area contributed by atoms with Crippen LogP contribution >= 0.6 is 11.3 Å². The topological polar surface area (TPSA) is 96.6 Å². The van der Waals surface area contributed by atoms with Crippen molar-refractivity contribution >= 4 is 17.3 Å². The quantitative estimate of drug-likeness (QED) is 0.506. The van der Waals surface area contributed by atoms with E-state index >= 15 is 0 Å². The Labute approximate surface area is 172 Å². The van der Waals surface area contributed by atoms with E-state index in [0.717, 1.165) is 5.56 Å². The fraction of sp³-hybridized carbons (Fsp3) is 0.400. The first-order valence-electron chi connectivity index (χ1n) is 9.09. The van der Waals surface area contributed by atoms with Crippen molar-refractivity contribution in [3.8, 4) is 22.1 Å². The Morgan fingerprint density at radius 2 is 1.93 bits per heavy atom.